The lowest BCUT2D eigenvalue weighted by Crippen LogP contribution is -2.24. The van der Waals surface area contributed by atoms with Gasteiger partial charge in [0.15, 0.2) is 21.9 Å². The van der Waals surface area contributed by atoms with E-state index in [1.165, 1.54) is 29.4 Å². The van der Waals surface area contributed by atoms with Crippen LogP contribution in [-0.4, -0.2) is 37.3 Å². The molecular weight excluding hydrogens is 460 g/mol. The Morgan fingerprint density at radius 2 is 2.13 bits per heavy atom. The monoisotopic (exact) mass is 474 g/mol. The average Bonchev–Trinajstić information content (AvgIpc) is 3.52. The van der Waals surface area contributed by atoms with E-state index in [1.807, 2.05) is 6.07 Å². The Labute approximate surface area is 189 Å². The standard InChI is InChI=1S/C19H15ClN6O3S2/c20-12-3-1-4-13(9-12)26-15(10-22-17(28)14-5-2-7-29-14)24-25-19(26)31-11-16(27)23-18-21-6-8-30-18/h1-9H,10-11H2,(H,22,28)(H,21,23,27). The summed E-state index contributed by atoms with van der Waals surface area (Å²) in [4.78, 5) is 28.5. The molecule has 12 heteroatoms. The van der Waals surface area contributed by atoms with Crippen LogP contribution in [0.2, 0.25) is 5.02 Å². The molecule has 0 unspecified atom stereocenters. The van der Waals surface area contributed by atoms with E-state index in [2.05, 4.69) is 25.8 Å². The van der Waals surface area contributed by atoms with Gasteiger partial charge in [0, 0.05) is 16.6 Å². The van der Waals surface area contributed by atoms with Crippen molar-refractivity contribution in [2.45, 2.75) is 11.7 Å². The average molecular weight is 475 g/mol. The fourth-order valence-electron chi connectivity index (χ4n) is 2.61. The summed E-state index contributed by atoms with van der Waals surface area (Å²) < 4.78 is 6.85. The molecule has 9 nitrogen and oxygen atoms in total. The third-order valence-electron chi connectivity index (χ3n) is 3.93. The van der Waals surface area contributed by atoms with Crippen molar-refractivity contribution in [3.05, 3.63) is 70.8 Å². The molecule has 31 heavy (non-hydrogen) atoms. The summed E-state index contributed by atoms with van der Waals surface area (Å²) in [5, 5.41) is 17.2. The molecule has 3 aromatic heterocycles. The topological polar surface area (TPSA) is 115 Å². The quantitative estimate of drug-likeness (QED) is 0.374. The number of amides is 2. The molecule has 0 radical (unpaired) electrons. The van der Waals surface area contributed by atoms with Crippen LogP contribution in [0.15, 0.2) is 63.8 Å². The fourth-order valence-corrected chi connectivity index (χ4v) is 4.11. The van der Waals surface area contributed by atoms with E-state index in [0.29, 0.717) is 26.8 Å². The first-order valence-corrected chi connectivity index (χ1v) is 11.2. The van der Waals surface area contributed by atoms with Crippen molar-refractivity contribution in [1.82, 2.24) is 25.1 Å². The van der Waals surface area contributed by atoms with E-state index < -0.39 is 0 Å². The van der Waals surface area contributed by atoms with Gasteiger partial charge in [0.25, 0.3) is 5.91 Å². The number of thioether (sulfide) groups is 1. The second-order valence-electron chi connectivity index (χ2n) is 6.05. The molecule has 0 aliphatic heterocycles. The first kappa shape index (κ1) is 21.1. The van der Waals surface area contributed by atoms with Gasteiger partial charge in [-0.1, -0.05) is 29.4 Å². The van der Waals surface area contributed by atoms with Crippen molar-refractivity contribution in [1.29, 1.82) is 0 Å². The van der Waals surface area contributed by atoms with Crippen LogP contribution in [0.25, 0.3) is 5.69 Å². The Balaban J connectivity index is 1.52. The first-order chi connectivity index (χ1) is 15.1. The number of nitrogens with one attached hydrogen (secondary N) is 2. The van der Waals surface area contributed by atoms with Crippen LogP contribution in [-0.2, 0) is 11.3 Å². The molecule has 2 N–H and O–H groups in total. The summed E-state index contributed by atoms with van der Waals surface area (Å²) in [7, 11) is 0. The smallest absolute Gasteiger partial charge is 0.287 e. The number of halogens is 1. The molecule has 0 aliphatic carbocycles. The van der Waals surface area contributed by atoms with E-state index in [4.69, 9.17) is 16.0 Å². The highest BCUT2D eigenvalue weighted by Gasteiger charge is 2.18. The zero-order valence-electron chi connectivity index (χ0n) is 15.8. The van der Waals surface area contributed by atoms with Crippen LogP contribution in [0, 0.1) is 0 Å². The SMILES string of the molecule is O=C(CSc1nnc(CNC(=O)c2ccco2)n1-c1cccc(Cl)c1)Nc1nccs1. The molecule has 0 saturated carbocycles. The molecular formula is C19H15ClN6O3S2. The number of hydrogen-bond acceptors (Lipinski definition) is 8. The van der Waals surface area contributed by atoms with Crippen molar-refractivity contribution in [2.24, 2.45) is 0 Å². The number of carbonyl (C=O) groups excluding carboxylic acids is 2. The maximum atomic E-state index is 12.2. The van der Waals surface area contributed by atoms with Gasteiger partial charge < -0.3 is 15.1 Å². The number of benzene rings is 1. The van der Waals surface area contributed by atoms with E-state index in [-0.39, 0.29) is 29.9 Å². The highest BCUT2D eigenvalue weighted by molar-refractivity contribution is 7.99. The second-order valence-corrected chi connectivity index (χ2v) is 8.32. The van der Waals surface area contributed by atoms with Gasteiger partial charge in [-0.25, -0.2) is 4.98 Å². The Kier molecular flexibility index (Phi) is 6.65. The minimum atomic E-state index is -0.373. The van der Waals surface area contributed by atoms with Crippen LogP contribution in [0.5, 0.6) is 0 Å². The summed E-state index contributed by atoms with van der Waals surface area (Å²) >= 11 is 8.70. The number of thiazole rings is 1. The third kappa shape index (κ3) is 5.32. The summed E-state index contributed by atoms with van der Waals surface area (Å²) in [6, 6.07) is 10.3. The lowest BCUT2D eigenvalue weighted by Gasteiger charge is -2.11. The highest BCUT2D eigenvalue weighted by Crippen LogP contribution is 2.24. The van der Waals surface area contributed by atoms with Gasteiger partial charge >= 0.3 is 0 Å². The van der Waals surface area contributed by atoms with E-state index in [9.17, 15) is 9.59 Å². The van der Waals surface area contributed by atoms with Crippen LogP contribution >= 0.6 is 34.7 Å². The molecule has 0 saturated heterocycles. The summed E-state index contributed by atoms with van der Waals surface area (Å²) in [6.45, 7) is 0.102. The van der Waals surface area contributed by atoms with Crippen molar-refractivity contribution in [2.75, 3.05) is 11.1 Å². The summed E-state index contributed by atoms with van der Waals surface area (Å²) in [5.74, 6) is 0.194. The van der Waals surface area contributed by atoms with Gasteiger partial charge in [-0.05, 0) is 30.3 Å². The maximum absolute atomic E-state index is 12.2. The summed E-state index contributed by atoms with van der Waals surface area (Å²) in [5.41, 5.74) is 0.711. The van der Waals surface area contributed by atoms with E-state index in [0.717, 1.165) is 0 Å². The zero-order valence-corrected chi connectivity index (χ0v) is 18.2. The minimum absolute atomic E-state index is 0.102. The van der Waals surface area contributed by atoms with Gasteiger partial charge in [-0.15, -0.1) is 21.5 Å². The molecule has 0 spiro atoms. The lowest BCUT2D eigenvalue weighted by atomic mass is 10.3. The van der Waals surface area contributed by atoms with Crippen molar-refractivity contribution < 1.29 is 14.0 Å². The van der Waals surface area contributed by atoms with Crippen LogP contribution in [0.4, 0.5) is 5.13 Å². The predicted octanol–water partition coefficient (Wildman–Crippen LogP) is 3.63. The molecule has 2 amide bonds. The minimum Gasteiger partial charge on any atom is -0.459 e. The van der Waals surface area contributed by atoms with Crippen molar-refractivity contribution in [3.63, 3.8) is 0 Å². The van der Waals surface area contributed by atoms with Crippen LogP contribution < -0.4 is 10.6 Å². The molecule has 0 fully saturated rings. The van der Waals surface area contributed by atoms with Gasteiger partial charge in [-0.3, -0.25) is 14.2 Å². The van der Waals surface area contributed by atoms with E-state index >= 15 is 0 Å². The molecule has 0 atom stereocenters. The number of aromatic nitrogens is 4. The number of nitrogens with zero attached hydrogens (tertiary/aromatic N) is 4. The molecule has 1 aromatic carbocycles. The predicted molar refractivity (Wildman–Crippen MR) is 118 cm³/mol. The molecule has 158 valence electrons. The van der Waals surface area contributed by atoms with Crippen LogP contribution in [0.1, 0.15) is 16.4 Å². The largest absolute Gasteiger partial charge is 0.459 e. The number of anilines is 1. The molecule has 4 aromatic rings. The van der Waals surface area contributed by atoms with Crippen molar-refractivity contribution >= 4 is 51.6 Å². The molecule has 0 bridgehead atoms. The van der Waals surface area contributed by atoms with Gasteiger partial charge in [0.1, 0.15) is 0 Å². The molecule has 3 heterocycles. The Hall–Kier alpha value is -3.15. The zero-order chi connectivity index (χ0) is 21.6. The number of rotatable bonds is 8. The molecule has 0 aliphatic rings. The van der Waals surface area contributed by atoms with Gasteiger partial charge in [0.2, 0.25) is 5.91 Å². The van der Waals surface area contributed by atoms with Crippen molar-refractivity contribution in [3.8, 4) is 5.69 Å². The van der Waals surface area contributed by atoms with Gasteiger partial charge in [0.05, 0.1) is 24.2 Å². The Morgan fingerprint density at radius 1 is 1.23 bits per heavy atom. The third-order valence-corrected chi connectivity index (χ3v) is 5.78. The first-order valence-electron chi connectivity index (χ1n) is 8.94. The maximum Gasteiger partial charge on any atom is 0.287 e. The summed E-state index contributed by atoms with van der Waals surface area (Å²) in [6.07, 6.45) is 3.04. The lowest BCUT2D eigenvalue weighted by molar-refractivity contribution is -0.113. The number of carbonyl (C=O) groups is 2. The van der Waals surface area contributed by atoms with E-state index in [1.54, 1.807) is 46.5 Å². The number of hydrogen-bond donors (Lipinski definition) is 2. The Bertz CT molecular complexity index is 1180. The molecule has 4 rings (SSSR count). The Morgan fingerprint density at radius 3 is 2.87 bits per heavy atom. The normalized spacial score (nSPS) is 10.7. The number of furan rings is 1. The van der Waals surface area contributed by atoms with Gasteiger partial charge in [-0.2, -0.15) is 0 Å². The second kappa shape index (κ2) is 9.77. The van der Waals surface area contributed by atoms with Crippen LogP contribution in [0.3, 0.4) is 0 Å². The fraction of sp³-hybridized carbons (Fsp3) is 0.105. The highest BCUT2D eigenvalue weighted by atomic mass is 35.5.